The first-order valence-electron chi connectivity index (χ1n) is 5.07. The van der Waals surface area contributed by atoms with E-state index in [4.69, 9.17) is 22.5 Å². The highest BCUT2D eigenvalue weighted by Gasteiger charge is 2.02. The molecule has 0 aliphatic carbocycles. The van der Waals surface area contributed by atoms with E-state index >= 15 is 0 Å². The fourth-order valence-electron chi connectivity index (χ4n) is 1.36. The molecular weight excluding hydrogens is 236 g/mol. The molecule has 0 spiro atoms. The van der Waals surface area contributed by atoms with Crippen LogP contribution in [0.1, 0.15) is 17.0 Å². The quantitative estimate of drug-likeness (QED) is 0.801. The first-order valence-corrected chi connectivity index (χ1v) is 5.48. The Kier molecular flexibility index (Phi) is 3.34. The maximum atomic E-state index is 5.54. The van der Waals surface area contributed by atoms with Gasteiger partial charge in [0.1, 0.15) is 22.3 Å². The highest BCUT2D eigenvalue weighted by Crippen LogP contribution is 2.09. The number of rotatable bonds is 4. The lowest BCUT2D eigenvalue weighted by Gasteiger charge is -2.04. The predicted octanol–water partition coefficient (Wildman–Crippen LogP) is 1.62. The summed E-state index contributed by atoms with van der Waals surface area (Å²) < 4.78 is 4.96. The van der Waals surface area contributed by atoms with Crippen LogP contribution in [0.5, 0.6) is 0 Å². The van der Waals surface area contributed by atoms with E-state index in [-0.39, 0.29) is 0 Å². The SMILES string of the molecule is Cc1cc(CNc2cc(C(N)=S)ccn2)no1. The monoisotopic (exact) mass is 248 g/mol. The number of hydrogen-bond acceptors (Lipinski definition) is 5. The van der Waals surface area contributed by atoms with Crippen molar-refractivity contribution < 1.29 is 4.52 Å². The van der Waals surface area contributed by atoms with Gasteiger partial charge in [-0.2, -0.15) is 0 Å². The van der Waals surface area contributed by atoms with Gasteiger partial charge in [-0.15, -0.1) is 0 Å². The van der Waals surface area contributed by atoms with E-state index in [1.165, 1.54) is 0 Å². The van der Waals surface area contributed by atoms with Crippen molar-refractivity contribution in [2.45, 2.75) is 13.5 Å². The largest absolute Gasteiger partial charge is 0.389 e. The summed E-state index contributed by atoms with van der Waals surface area (Å²) in [5.74, 6) is 1.49. The second-order valence-electron chi connectivity index (χ2n) is 3.58. The van der Waals surface area contributed by atoms with Crippen LogP contribution in [0.25, 0.3) is 0 Å². The van der Waals surface area contributed by atoms with Crippen LogP contribution in [0, 0.1) is 6.92 Å². The Morgan fingerprint density at radius 3 is 3.00 bits per heavy atom. The van der Waals surface area contributed by atoms with Crippen LogP contribution in [-0.2, 0) is 6.54 Å². The number of thiocarbonyl (C=S) groups is 1. The van der Waals surface area contributed by atoms with Gasteiger partial charge in [0.05, 0.1) is 6.54 Å². The summed E-state index contributed by atoms with van der Waals surface area (Å²) in [6.45, 7) is 2.40. The van der Waals surface area contributed by atoms with E-state index in [2.05, 4.69) is 15.5 Å². The third kappa shape index (κ3) is 3.01. The fraction of sp³-hybridized carbons (Fsp3) is 0.182. The zero-order valence-electron chi connectivity index (χ0n) is 9.30. The van der Waals surface area contributed by atoms with Crippen LogP contribution in [0.4, 0.5) is 5.82 Å². The molecule has 2 aromatic rings. The molecular formula is C11H12N4OS. The van der Waals surface area contributed by atoms with Crippen LogP contribution >= 0.6 is 12.2 Å². The minimum atomic E-state index is 0.354. The Labute approximate surface area is 104 Å². The highest BCUT2D eigenvalue weighted by atomic mass is 32.1. The Morgan fingerprint density at radius 2 is 2.35 bits per heavy atom. The summed E-state index contributed by atoms with van der Waals surface area (Å²) >= 11 is 4.90. The molecule has 0 radical (unpaired) electrons. The second-order valence-corrected chi connectivity index (χ2v) is 4.02. The topological polar surface area (TPSA) is 77.0 Å². The molecule has 0 saturated heterocycles. The molecule has 0 aromatic carbocycles. The normalized spacial score (nSPS) is 10.2. The number of aromatic nitrogens is 2. The molecule has 2 aromatic heterocycles. The predicted molar refractivity (Wildman–Crippen MR) is 68.7 cm³/mol. The number of nitrogens with zero attached hydrogens (tertiary/aromatic N) is 2. The van der Waals surface area contributed by atoms with Gasteiger partial charge in [-0.1, -0.05) is 17.4 Å². The summed E-state index contributed by atoms with van der Waals surface area (Å²) in [4.78, 5) is 4.51. The molecule has 0 aliphatic heterocycles. The van der Waals surface area contributed by atoms with E-state index in [9.17, 15) is 0 Å². The molecule has 0 atom stereocenters. The third-order valence-electron chi connectivity index (χ3n) is 2.17. The molecule has 6 heteroatoms. The van der Waals surface area contributed by atoms with E-state index in [1.807, 2.05) is 13.0 Å². The van der Waals surface area contributed by atoms with Gasteiger partial charge in [0, 0.05) is 17.8 Å². The van der Waals surface area contributed by atoms with Crippen molar-refractivity contribution >= 4 is 23.0 Å². The molecule has 5 nitrogen and oxygen atoms in total. The summed E-state index contributed by atoms with van der Waals surface area (Å²) in [7, 11) is 0. The third-order valence-corrected chi connectivity index (χ3v) is 2.41. The Morgan fingerprint density at radius 1 is 1.53 bits per heavy atom. The lowest BCUT2D eigenvalue weighted by atomic mass is 10.2. The Hall–Kier alpha value is -1.95. The van der Waals surface area contributed by atoms with Crippen molar-refractivity contribution in [1.29, 1.82) is 0 Å². The van der Waals surface area contributed by atoms with E-state index < -0.39 is 0 Å². The van der Waals surface area contributed by atoms with Crippen LogP contribution in [0.2, 0.25) is 0 Å². The molecule has 3 N–H and O–H groups in total. The first-order chi connectivity index (χ1) is 8.15. The van der Waals surface area contributed by atoms with Gasteiger partial charge in [0.2, 0.25) is 0 Å². The van der Waals surface area contributed by atoms with Gasteiger partial charge >= 0.3 is 0 Å². The average Bonchev–Trinajstić information content (AvgIpc) is 2.73. The molecule has 0 unspecified atom stereocenters. The second kappa shape index (κ2) is 4.92. The van der Waals surface area contributed by atoms with Gasteiger partial charge in [-0.05, 0) is 19.1 Å². The average molecular weight is 248 g/mol. The molecule has 0 fully saturated rings. The zero-order chi connectivity index (χ0) is 12.3. The van der Waals surface area contributed by atoms with Crippen LogP contribution in [0.3, 0.4) is 0 Å². The molecule has 0 saturated carbocycles. The summed E-state index contributed by atoms with van der Waals surface area (Å²) in [5, 5.41) is 6.99. The van der Waals surface area contributed by atoms with Crippen LogP contribution in [0.15, 0.2) is 28.9 Å². The van der Waals surface area contributed by atoms with Crippen molar-refractivity contribution in [3.63, 3.8) is 0 Å². The molecule has 2 rings (SSSR count). The fourth-order valence-corrected chi connectivity index (χ4v) is 1.49. The van der Waals surface area contributed by atoms with Crippen LogP contribution < -0.4 is 11.1 Å². The summed E-state index contributed by atoms with van der Waals surface area (Å²) in [6.07, 6.45) is 1.66. The number of pyridine rings is 1. The van der Waals surface area contributed by atoms with Gasteiger partial charge in [0.15, 0.2) is 0 Å². The number of anilines is 1. The number of nitrogens with two attached hydrogens (primary N) is 1. The van der Waals surface area contributed by atoms with Gasteiger partial charge in [-0.3, -0.25) is 0 Å². The molecule has 2 heterocycles. The summed E-state index contributed by atoms with van der Waals surface area (Å²) in [6, 6.07) is 5.44. The molecule has 17 heavy (non-hydrogen) atoms. The maximum absolute atomic E-state index is 5.54. The van der Waals surface area contributed by atoms with Gasteiger partial charge < -0.3 is 15.6 Å². The van der Waals surface area contributed by atoms with Crippen molar-refractivity contribution in [2.75, 3.05) is 5.32 Å². The molecule has 0 bridgehead atoms. The summed E-state index contributed by atoms with van der Waals surface area (Å²) in [5.41, 5.74) is 7.15. The molecule has 0 amide bonds. The van der Waals surface area contributed by atoms with E-state index in [0.717, 1.165) is 17.0 Å². The number of nitrogens with one attached hydrogen (secondary N) is 1. The van der Waals surface area contributed by atoms with Crippen molar-refractivity contribution in [2.24, 2.45) is 5.73 Å². The van der Waals surface area contributed by atoms with Crippen molar-refractivity contribution in [1.82, 2.24) is 10.1 Å². The Balaban J connectivity index is 2.04. The van der Waals surface area contributed by atoms with E-state index in [1.54, 1.807) is 18.3 Å². The zero-order valence-corrected chi connectivity index (χ0v) is 10.1. The number of aryl methyl sites for hydroxylation is 1. The molecule has 0 aliphatic rings. The van der Waals surface area contributed by atoms with Crippen LogP contribution in [-0.4, -0.2) is 15.1 Å². The standard InChI is InChI=1S/C11H12N4OS/c1-7-4-9(15-16-7)6-14-10-5-8(11(12)17)2-3-13-10/h2-5H,6H2,1H3,(H2,12,17)(H,13,14). The van der Waals surface area contributed by atoms with E-state index in [0.29, 0.717) is 17.4 Å². The first kappa shape index (κ1) is 11.5. The minimum Gasteiger partial charge on any atom is -0.389 e. The van der Waals surface area contributed by atoms with Crippen molar-refractivity contribution in [3.05, 3.63) is 41.4 Å². The van der Waals surface area contributed by atoms with Gasteiger partial charge in [-0.25, -0.2) is 4.98 Å². The lowest BCUT2D eigenvalue weighted by Crippen LogP contribution is -2.10. The minimum absolute atomic E-state index is 0.354. The molecule has 88 valence electrons. The highest BCUT2D eigenvalue weighted by molar-refractivity contribution is 7.80. The lowest BCUT2D eigenvalue weighted by molar-refractivity contribution is 0.391. The van der Waals surface area contributed by atoms with Crippen molar-refractivity contribution in [3.8, 4) is 0 Å². The maximum Gasteiger partial charge on any atom is 0.133 e. The smallest absolute Gasteiger partial charge is 0.133 e. The number of hydrogen-bond donors (Lipinski definition) is 2. The van der Waals surface area contributed by atoms with Gasteiger partial charge in [0.25, 0.3) is 0 Å². The Bertz CT molecular complexity index is 538.